The first-order valence-electron chi connectivity index (χ1n) is 8.66. The molecule has 1 aromatic carbocycles. The van der Waals surface area contributed by atoms with Crippen LogP contribution in [-0.4, -0.2) is 11.8 Å². The van der Waals surface area contributed by atoms with Gasteiger partial charge < -0.3 is 0 Å². The van der Waals surface area contributed by atoms with E-state index in [0.717, 1.165) is 0 Å². The quantitative estimate of drug-likeness (QED) is 0.639. The van der Waals surface area contributed by atoms with Crippen molar-refractivity contribution in [2.75, 3.05) is 4.90 Å². The molecule has 0 spiro atoms. The summed E-state index contributed by atoms with van der Waals surface area (Å²) in [6.45, 7) is 0. The Balaban J connectivity index is 1.57. The van der Waals surface area contributed by atoms with Gasteiger partial charge in [-0.3, -0.25) is 14.5 Å². The third-order valence-corrected chi connectivity index (χ3v) is 5.55. The highest BCUT2D eigenvalue weighted by molar-refractivity contribution is 6.22. The van der Waals surface area contributed by atoms with Crippen molar-refractivity contribution in [1.29, 1.82) is 0 Å². The number of hydrogen-bond acceptors (Lipinski definition) is 2. The molecular weight excluding hydrogens is 310 g/mol. The molecule has 3 nitrogen and oxygen atoms in total. The molecule has 0 saturated carbocycles. The largest absolute Gasteiger partial charge is 0.274 e. The Labute approximate surface area is 146 Å². The van der Waals surface area contributed by atoms with Crippen LogP contribution in [0.4, 0.5) is 5.69 Å². The summed E-state index contributed by atoms with van der Waals surface area (Å²) in [5.74, 6) is -0.578. The van der Waals surface area contributed by atoms with Gasteiger partial charge in [0, 0.05) is 0 Å². The minimum absolute atomic E-state index is 0.0531. The van der Waals surface area contributed by atoms with Gasteiger partial charge in [0.1, 0.15) is 0 Å². The predicted molar refractivity (Wildman–Crippen MR) is 96.4 cm³/mol. The third kappa shape index (κ3) is 2.05. The fourth-order valence-corrected chi connectivity index (χ4v) is 4.36. The molecule has 0 aromatic heterocycles. The third-order valence-electron chi connectivity index (χ3n) is 5.55. The number of anilines is 1. The molecule has 122 valence electrons. The highest BCUT2D eigenvalue weighted by Crippen LogP contribution is 2.44. The molecule has 2 unspecified atom stereocenters. The van der Waals surface area contributed by atoms with Gasteiger partial charge in [-0.15, -0.1) is 0 Å². The van der Waals surface area contributed by atoms with Crippen LogP contribution in [0.3, 0.4) is 0 Å². The van der Waals surface area contributed by atoms with Gasteiger partial charge in [-0.25, -0.2) is 0 Å². The lowest BCUT2D eigenvalue weighted by molar-refractivity contribution is -0.122. The van der Waals surface area contributed by atoms with E-state index in [9.17, 15) is 9.59 Å². The van der Waals surface area contributed by atoms with Gasteiger partial charge >= 0.3 is 0 Å². The summed E-state index contributed by atoms with van der Waals surface area (Å²) >= 11 is 0. The number of hydrogen-bond donors (Lipinski definition) is 0. The van der Waals surface area contributed by atoms with Crippen molar-refractivity contribution in [3.8, 4) is 11.1 Å². The minimum Gasteiger partial charge on any atom is -0.274 e. The van der Waals surface area contributed by atoms with Crippen molar-refractivity contribution in [2.24, 2.45) is 11.8 Å². The van der Waals surface area contributed by atoms with Crippen LogP contribution in [0.1, 0.15) is 11.1 Å². The summed E-state index contributed by atoms with van der Waals surface area (Å²) in [6, 6.07) is 21.8. The topological polar surface area (TPSA) is 37.4 Å². The number of benzene rings is 1. The lowest BCUT2D eigenvalue weighted by atomic mass is 9.78. The van der Waals surface area contributed by atoms with E-state index in [0.29, 0.717) is 18.5 Å². The molecule has 2 atom stereocenters. The summed E-state index contributed by atoms with van der Waals surface area (Å²) in [5, 5.41) is 0. The molecule has 1 aliphatic heterocycles. The average Bonchev–Trinajstić information content (AvgIpc) is 2.96. The summed E-state index contributed by atoms with van der Waals surface area (Å²) in [4.78, 5) is 27.3. The van der Waals surface area contributed by atoms with Gasteiger partial charge in [0.05, 0.1) is 17.5 Å². The van der Waals surface area contributed by atoms with Crippen molar-refractivity contribution < 1.29 is 9.59 Å². The first-order chi connectivity index (χ1) is 12.2. The number of amides is 2. The lowest BCUT2D eigenvalue weighted by Gasteiger charge is -2.22. The Bertz CT molecular complexity index is 963. The zero-order valence-corrected chi connectivity index (χ0v) is 13.7. The van der Waals surface area contributed by atoms with Gasteiger partial charge in [-0.05, 0) is 47.2 Å². The van der Waals surface area contributed by atoms with Crippen molar-refractivity contribution in [1.82, 2.24) is 0 Å². The number of para-hydroxylation sites is 1. The number of imide groups is 1. The van der Waals surface area contributed by atoms with Gasteiger partial charge in [-0.2, -0.15) is 0 Å². The molecular formula is C22H17NO2. The molecule has 1 saturated heterocycles. The van der Waals surface area contributed by atoms with Gasteiger partial charge in [-0.1, -0.05) is 54.6 Å². The molecule has 3 aliphatic carbocycles. The summed E-state index contributed by atoms with van der Waals surface area (Å²) in [7, 11) is 0. The highest BCUT2D eigenvalue weighted by atomic mass is 16.2. The molecule has 0 bridgehead atoms. The van der Waals surface area contributed by atoms with E-state index in [1.165, 1.54) is 27.2 Å². The van der Waals surface area contributed by atoms with E-state index in [1.807, 2.05) is 48.5 Å². The standard InChI is InChI=1S/C22H17NO2/c24-21-19-12-15-11-14-7-3-1-6-10-17(14)18(15)13-20(19)22(25)23(21)16-8-4-2-5-9-16/h1-11,19-20H,12-13H2. The van der Waals surface area contributed by atoms with Crippen LogP contribution in [0.5, 0.6) is 0 Å². The molecule has 4 aliphatic rings. The van der Waals surface area contributed by atoms with E-state index in [1.54, 1.807) is 0 Å². The van der Waals surface area contributed by atoms with Crippen molar-refractivity contribution in [3.63, 3.8) is 0 Å². The Morgan fingerprint density at radius 1 is 0.760 bits per heavy atom. The normalized spacial score (nSPS) is 22.2. The number of nitrogens with zero attached hydrogens (tertiary/aromatic N) is 1. The summed E-state index contributed by atoms with van der Waals surface area (Å²) < 4.78 is 0. The summed E-state index contributed by atoms with van der Waals surface area (Å²) in [5.41, 5.74) is 5.54. The Morgan fingerprint density at radius 2 is 1.40 bits per heavy atom. The fraction of sp³-hybridized carbons (Fsp3) is 0.182. The molecule has 25 heavy (non-hydrogen) atoms. The smallest absolute Gasteiger partial charge is 0.238 e. The van der Waals surface area contributed by atoms with Crippen LogP contribution in [0.15, 0.2) is 66.7 Å². The maximum Gasteiger partial charge on any atom is 0.238 e. The molecule has 2 amide bonds. The Morgan fingerprint density at radius 3 is 2.16 bits per heavy atom. The SMILES string of the molecule is O=C1C2Cc3cc4cccccc-4c3CC2C(=O)N1c1ccccc1. The van der Waals surface area contributed by atoms with E-state index in [4.69, 9.17) is 0 Å². The fourth-order valence-electron chi connectivity index (χ4n) is 4.36. The number of carbonyl (C=O) groups excluding carboxylic acids is 2. The van der Waals surface area contributed by atoms with Crippen LogP contribution < -0.4 is 4.90 Å². The number of rotatable bonds is 1. The van der Waals surface area contributed by atoms with Crippen LogP contribution in [0.2, 0.25) is 0 Å². The Hall–Kier alpha value is -2.94. The van der Waals surface area contributed by atoms with E-state index < -0.39 is 0 Å². The van der Waals surface area contributed by atoms with Crippen LogP contribution in [0.25, 0.3) is 11.1 Å². The number of carbonyl (C=O) groups is 2. The van der Waals surface area contributed by atoms with E-state index in [2.05, 4.69) is 18.2 Å². The molecule has 1 aromatic rings. The van der Waals surface area contributed by atoms with E-state index >= 15 is 0 Å². The second kappa shape index (κ2) is 5.28. The zero-order valence-electron chi connectivity index (χ0n) is 13.7. The van der Waals surface area contributed by atoms with Crippen molar-refractivity contribution in [2.45, 2.75) is 12.8 Å². The monoisotopic (exact) mass is 327 g/mol. The van der Waals surface area contributed by atoms with Crippen molar-refractivity contribution >= 4 is 17.5 Å². The average molecular weight is 327 g/mol. The maximum atomic E-state index is 13.0. The molecule has 3 heteroatoms. The van der Waals surface area contributed by atoms with Crippen molar-refractivity contribution in [3.05, 3.63) is 77.9 Å². The molecule has 1 fully saturated rings. The summed E-state index contributed by atoms with van der Waals surface area (Å²) in [6.07, 6.45) is 1.31. The van der Waals surface area contributed by atoms with Gasteiger partial charge in [0.25, 0.3) is 0 Å². The predicted octanol–water partition coefficient (Wildman–Crippen LogP) is 3.70. The first-order valence-corrected chi connectivity index (χ1v) is 8.66. The van der Waals surface area contributed by atoms with Gasteiger partial charge in [0.2, 0.25) is 11.8 Å². The van der Waals surface area contributed by atoms with Crippen LogP contribution in [0, 0.1) is 11.8 Å². The van der Waals surface area contributed by atoms with Gasteiger partial charge in [0.15, 0.2) is 0 Å². The molecule has 1 heterocycles. The Kier molecular flexibility index (Phi) is 3.04. The van der Waals surface area contributed by atoms with E-state index in [-0.39, 0.29) is 23.7 Å². The maximum absolute atomic E-state index is 13.0. The zero-order chi connectivity index (χ0) is 17.0. The first kappa shape index (κ1) is 14.4. The lowest BCUT2D eigenvalue weighted by Crippen LogP contribution is -2.30. The van der Waals surface area contributed by atoms with Crippen LogP contribution in [-0.2, 0) is 22.4 Å². The van der Waals surface area contributed by atoms with Crippen LogP contribution >= 0.6 is 0 Å². The second-order valence-corrected chi connectivity index (χ2v) is 6.90. The molecule has 5 rings (SSSR count). The molecule has 0 N–H and O–H groups in total. The number of fused-ring (bicyclic) bond motifs is 4. The second-order valence-electron chi connectivity index (χ2n) is 6.90. The highest BCUT2D eigenvalue weighted by Gasteiger charge is 2.50. The minimum atomic E-state index is -0.240. The molecule has 0 radical (unpaired) electrons.